The van der Waals surface area contributed by atoms with Gasteiger partial charge in [-0.05, 0) is 136 Å². The summed E-state index contributed by atoms with van der Waals surface area (Å²) in [6.07, 6.45) is 17.0. The fraction of sp³-hybridized carbons (Fsp3) is 0.652. The maximum absolute atomic E-state index is 6.60. The zero-order chi connectivity index (χ0) is 36.1. The summed E-state index contributed by atoms with van der Waals surface area (Å²) < 4.78 is 35.8. The Hall–Kier alpha value is -2.88. The maximum Gasteiger partial charge on any atom is 0.166 e. The third-order valence-electron chi connectivity index (χ3n) is 14.8. The summed E-state index contributed by atoms with van der Waals surface area (Å²) in [4.78, 5) is 2.81. The van der Waals surface area contributed by atoms with Crippen molar-refractivity contribution in [2.24, 2.45) is 23.7 Å². The van der Waals surface area contributed by atoms with Gasteiger partial charge in [0.2, 0.25) is 0 Å². The van der Waals surface area contributed by atoms with Gasteiger partial charge in [-0.2, -0.15) is 0 Å². The molecule has 4 heterocycles. The van der Waals surface area contributed by atoms with Crippen LogP contribution in [-0.2, 0) is 33.1 Å². The summed E-state index contributed by atoms with van der Waals surface area (Å²) in [7, 11) is 7.01. The molecule has 4 bridgehead atoms. The predicted octanol–water partition coefficient (Wildman–Crippen LogP) is 8.51. The van der Waals surface area contributed by atoms with E-state index in [9.17, 15) is 0 Å². The second kappa shape index (κ2) is 14.8. The van der Waals surface area contributed by atoms with Gasteiger partial charge in [0.25, 0.3) is 0 Å². The van der Waals surface area contributed by atoms with Crippen LogP contribution in [0.5, 0.6) is 23.0 Å². The van der Waals surface area contributed by atoms with Crippen LogP contribution in [0.1, 0.15) is 88.5 Å². The monoisotopic (exact) mass is 818 g/mol. The summed E-state index contributed by atoms with van der Waals surface area (Å²) in [5.74, 6) is 8.89. The Morgan fingerprint density at radius 2 is 1.29 bits per heavy atom. The van der Waals surface area contributed by atoms with Gasteiger partial charge in [0.05, 0.1) is 28.4 Å². The quantitative estimate of drug-likeness (QED) is 0.279. The largest absolute Gasteiger partial charge is 0.497 e. The highest BCUT2D eigenvalue weighted by Gasteiger charge is 2.66. The van der Waals surface area contributed by atoms with E-state index in [0.717, 1.165) is 85.0 Å². The van der Waals surface area contributed by atoms with Crippen LogP contribution >= 0.6 is 15.9 Å². The smallest absolute Gasteiger partial charge is 0.166 e. The lowest BCUT2D eigenvalue weighted by Crippen LogP contribution is -2.64. The average molecular weight is 820 g/mol. The minimum atomic E-state index is 0. The molecule has 2 saturated heterocycles. The molecule has 10 aliphatic rings. The molecule has 12 rings (SSSR count). The fourth-order valence-electron chi connectivity index (χ4n) is 12.1. The van der Waals surface area contributed by atoms with Gasteiger partial charge in [-0.25, -0.2) is 0 Å². The molecular weight excluding hydrogens is 756 g/mol. The Bertz CT molecular complexity index is 1840. The lowest BCUT2D eigenvalue weighted by atomic mass is 9.53. The van der Waals surface area contributed by atoms with E-state index in [4.69, 9.17) is 28.4 Å². The molecule has 0 radical (unpaired) electrons. The lowest BCUT2D eigenvalue weighted by Gasteiger charge is -2.57. The number of allylic oxidation sites excluding steroid dienone is 2. The Morgan fingerprint density at radius 3 is 1.82 bits per heavy atom. The van der Waals surface area contributed by atoms with E-state index in [0.29, 0.717) is 23.9 Å². The second-order valence-electron chi connectivity index (χ2n) is 17.2. The standard InChI is InChI=1S/C22H27NO3.C18H21NO3.C4H7Br.2CH4/c1-24-17-7-5-14-11-16-15-6-8-18(25-2)21-22(15,19(14)20(17)26-21)9-10-23(16)12-13-3-4-13;1-20-13-5-3-10-9-12-11-4-6-14(21-2)17-18(11,7-8-19-12)15(10)16(13)22-17;5-3-4-1-2-4;;/h5,7-8,13,15-16,21H,3-4,6,9-12H2,1-2H3;3,5-6,11-12,17,19H,4,7-9H2,1-2H3;4H,1-3H2;2*1H4. The molecule has 4 fully saturated rings. The fourth-order valence-corrected chi connectivity index (χ4v) is 12.7. The topological polar surface area (TPSA) is 70.7 Å². The molecule has 55 heavy (non-hydrogen) atoms. The van der Waals surface area contributed by atoms with E-state index in [2.05, 4.69) is 56.5 Å². The van der Waals surface area contributed by atoms with Crippen molar-refractivity contribution in [2.45, 2.75) is 114 Å². The third-order valence-corrected chi connectivity index (χ3v) is 15.7. The van der Waals surface area contributed by atoms with Crippen molar-refractivity contribution in [3.63, 3.8) is 0 Å². The molecule has 6 aliphatic carbocycles. The van der Waals surface area contributed by atoms with Crippen LogP contribution in [0, 0.1) is 23.7 Å². The molecular formula is C46H63BrN2O6. The van der Waals surface area contributed by atoms with Crippen LogP contribution in [0.2, 0.25) is 0 Å². The zero-order valence-electron chi connectivity index (χ0n) is 31.8. The number of ether oxygens (including phenoxy) is 6. The molecule has 2 aromatic carbocycles. The third kappa shape index (κ3) is 5.78. The molecule has 8 unspecified atom stereocenters. The van der Waals surface area contributed by atoms with E-state index >= 15 is 0 Å². The molecule has 300 valence electrons. The number of hydrogen-bond donors (Lipinski definition) is 1. The molecule has 9 heteroatoms. The van der Waals surface area contributed by atoms with Crippen molar-refractivity contribution in [1.82, 2.24) is 10.2 Å². The summed E-state index contributed by atoms with van der Waals surface area (Å²) in [6, 6.07) is 9.85. The Labute approximate surface area is 337 Å². The van der Waals surface area contributed by atoms with Gasteiger partial charge in [-0.3, -0.25) is 4.90 Å². The van der Waals surface area contributed by atoms with Gasteiger partial charge in [-0.15, -0.1) is 0 Å². The molecule has 4 aliphatic heterocycles. The normalized spacial score (nSPS) is 34.3. The van der Waals surface area contributed by atoms with Crippen molar-refractivity contribution in [3.8, 4) is 23.0 Å². The van der Waals surface area contributed by atoms with Crippen LogP contribution in [0.4, 0.5) is 0 Å². The van der Waals surface area contributed by atoms with Gasteiger partial charge in [0.15, 0.2) is 35.2 Å². The summed E-state index contributed by atoms with van der Waals surface area (Å²) >= 11 is 3.38. The number of methoxy groups -OCH3 is 4. The Kier molecular flexibility index (Phi) is 10.5. The molecule has 8 atom stereocenters. The molecule has 2 spiro atoms. The summed E-state index contributed by atoms with van der Waals surface area (Å²) in [5, 5.41) is 4.96. The predicted molar refractivity (Wildman–Crippen MR) is 221 cm³/mol. The number of nitrogens with zero attached hydrogens (tertiary/aromatic N) is 1. The number of benzene rings is 2. The number of piperidine rings is 2. The summed E-state index contributed by atoms with van der Waals surface area (Å²) in [6.45, 7) is 3.53. The molecule has 8 nitrogen and oxygen atoms in total. The van der Waals surface area contributed by atoms with Crippen LogP contribution in [0.15, 0.2) is 47.9 Å². The minimum absolute atomic E-state index is 0. The Morgan fingerprint density at radius 1 is 0.727 bits per heavy atom. The number of hydrogen-bond acceptors (Lipinski definition) is 8. The van der Waals surface area contributed by atoms with Crippen LogP contribution in [-0.4, -0.2) is 82.6 Å². The number of nitrogens with one attached hydrogen (secondary N) is 1. The number of rotatable bonds is 7. The Balaban J connectivity index is 0.000000135. The first-order chi connectivity index (χ1) is 26.0. The number of alkyl halides is 1. The molecule has 2 aromatic rings. The highest BCUT2D eigenvalue weighted by Crippen LogP contribution is 2.65. The van der Waals surface area contributed by atoms with Gasteiger partial charge >= 0.3 is 0 Å². The lowest BCUT2D eigenvalue weighted by molar-refractivity contribution is -0.0376. The van der Waals surface area contributed by atoms with Crippen molar-refractivity contribution < 1.29 is 28.4 Å². The molecule has 0 amide bonds. The van der Waals surface area contributed by atoms with Gasteiger partial charge < -0.3 is 33.7 Å². The van der Waals surface area contributed by atoms with E-state index < -0.39 is 0 Å². The molecule has 0 aromatic heterocycles. The average Bonchev–Trinajstić information content (AvgIpc) is 4.13. The first kappa shape index (κ1) is 39.0. The van der Waals surface area contributed by atoms with Crippen LogP contribution in [0.25, 0.3) is 0 Å². The van der Waals surface area contributed by atoms with E-state index in [1.165, 1.54) is 72.8 Å². The van der Waals surface area contributed by atoms with Gasteiger partial charge in [0, 0.05) is 45.9 Å². The number of halogens is 1. The van der Waals surface area contributed by atoms with Crippen LogP contribution < -0.4 is 24.3 Å². The minimum Gasteiger partial charge on any atom is -0.497 e. The zero-order valence-corrected chi connectivity index (χ0v) is 33.3. The van der Waals surface area contributed by atoms with Gasteiger partial charge in [-0.1, -0.05) is 42.9 Å². The SMILES string of the molecule is BrCC1CC1.C.C.COC1=CCC2C3Cc4ccc(OC)c5c4C2(CCN3)C1O5.COC1=CCC2C3Cc4ccc(OC)c5c4C2(CCN3CC2CC2)C1O5. The summed E-state index contributed by atoms with van der Waals surface area (Å²) in [5.41, 5.74) is 5.88. The van der Waals surface area contributed by atoms with Crippen molar-refractivity contribution in [1.29, 1.82) is 0 Å². The van der Waals surface area contributed by atoms with Crippen molar-refractivity contribution >= 4 is 15.9 Å². The molecule has 2 saturated carbocycles. The van der Waals surface area contributed by atoms with Gasteiger partial charge in [0.1, 0.15) is 11.5 Å². The molecule has 1 N–H and O–H groups in total. The first-order valence-electron chi connectivity index (χ1n) is 20.2. The highest BCUT2D eigenvalue weighted by molar-refractivity contribution is 9.09. The van der Waals surface area contributed by atoms with E-state index in [1.54, 1.807) is 28.4 Å². The highest BCUT2D eigenvalue weighted by atomic mass is 79.9. The van der Waals surface area contributed by atoms with E-state index in [-0.39, 0.29) is 37.9 Å². The van der Waals surface area contributed by atoms with Crippen molar-refractivity contribution in [2.75, 3.05) is 53.4 Å². The van der Waals surface area contributed by atoms with E-state index in [1.807, 2.05) is 6.07 Å². The van der Waals surface area contributed by atoms with Crippen LogP contribution in [0.3, 0.4) is 0 Å². The first-order valence-corrected chi connectivity index (χ1v) is 21.4. The maximum atomic E-state index is 6.60. The second-order valence-corrected chi connectivity index (χ2v) is 17.9. The number of likely N-dealkylation sites (tertiary alicyclic amines) is 1. The van der Waals surface area contributed by atoms with Crippen molar-refractivity contribution in [3.05, 3.63) is 70.2 Å².